The third kappa shape index (κ3) is 3.37. The summed E-state index contributed by atoms with van der Waals surface area (Å²) in [5, 5.41) is -0.0589. The van der Waals surface area contributed by atoms with Gasteiger partial charge in [-0.1, -0.05) is 55.3 Å². The van der Waals surface area contributed by atoms with Crippen molar-refractivity contribution in [3.8, 4) is 0 Å². The Morgan fingerprint density at radius 1 is 0.962 bits per heavy atom. The van der Waals surface area contributed by atoms with E-state index >= 15 is 0 Å². The first-order valence-corrected chi connectivity index (χ1v) is 9.08. The molecule has 0 bridgehead atoms. The highest BCUT2D eigenvalue weighted by Crippen LogP contribution is 2.32. The van der Waals surface area contributed by atoms with Crippen LogP contribution in [0.25, 0.3) is 0 Å². The molecule has 0 atom stereocenters. The second-order valence-corrected chi connectivity index (χ2v) is 6.65. The molecular weight excluding hydrogens is 348 g/mol. The van der Waals surface area contributed by atoms with Gasteiger partial charge in [0.05, 0.1) is 5.69 Å². The van der Waals surface area contributed by atoms with E-state index in [0.29, 0.717) is 5.69 Å². The average Bonchev–Trinajstić information content (AvgIpc) is 2.89. The number of carbonyl (C=O) groups excluding carboxylic acids is 2. The lowest BCUT2D eigenvalue weighted by Crippen LogP contribution is -2.34. The number of likely N-dealkylation sites (N-methyl/N-ethyl adjacent to an activating group) is 1. The fraction of sp³-hybridized carbons (Fsp3) is 0.238. The maximum atomic E-state index is 12.9. The van der Waals surface area contributed by atoms with E-state index in [-0.39, 0.29) is 10.7 Å². The molecule has 2 amide bonds. The number of imide groups is 1. The Bertz CT molecular complexity index is 844. The summed E-state index contributed by atoms with van der Waals surface area (Å²) in [6, 6.07) is 16.9. The molecule has 0 N–H and O–H groups in total. The number of hydrogen-bond donors (Lipinski definition) is 0. The summed E-state index contributed by atoms with van der Waals surface area (Å²) >= 11 is 6.24. The molecule has 26 heavy (non-hydrogen) atoms. The monoisotopic (exact) mass is 368 g/mol. The van der Waals surface area contributed by atoms with Crippen molar-refractivity contribution in [3.05, 3.63) is 70.9 Å². The number of anilines is 2. The van der Waals surface area contributed by atoms with Crippen LogP contribution in [0.2, 0.25) is 0 Å². The van der Waals surface area contributed by atoms with Gasteiger partial charge in [-0.3, -0.25) is 9.59 Å². The Kier molecular flexibility index (Phi) is 5.43. The van der Waals surface area contributed by atoms with E-state index in [1.54, 1.807) is 24.1 Å². The number of carbonyl (C=O) groups is 2. The number of unbranched alkanes of at least 4 members (excludes halogenated alkanes) is 1. The van der Waals surface area contributed by atoms with Gasteiger partial charge in [-0.25, -0.2) is 4.90 Å². The van der Waals surface area contributed by atoms with E-state index < -0.39 is 11.8 Å². The maximum Gasteiger partial charge on any atom is 0.283 e. The molecule has 0 fully saturated rings. The van der Waals surface area contributed by atoms with Crippen LogP contribution in [0, 0.1) is 0 Å². The molecule has 3 rings (SSSR count). The first kappa shape index (κ1) is 18.2. The second-order valence-electron chi connectivity index (χ2n) is 6.27. The number of amides is 2. The molecule has 2 aromatic carbocycles. The van der Waals surface area contributed by atoms with Crippen molar-refractivity contribution in [2.45, 2.75) is 26.2 Å². The minimum Gasteiger partial charge on any atom is -0.339 e. The van der Waals surface area contributed by atoms with E-state index in [1.165, 1.54) is 5.56 Å². The molecule has 0 unspecified atom stereocenters. The van der Waals surface area contributed by atoms with Gasteiger partial charge in [0.1, 0.15) is 10.7 Å². The van der Waals surface area contributed by atoms with Crippen LogP contribution in [-0.2, 0) is 16.0 Å². The fourth-order valence-electron chi connectivity index (χ4n) is 2.99. The Hall–Kier alpha value is -2.59. The van der Waals surface area contributed by atoms with E-state index in [1.807, 2.05) is 42.5 Å². The zero-order valence-corrected chi connectivity index (χ0v) is 15.7. The normalized spacial score (nSPS) is 14.3. The van der Waals surface area contributed by atoms with Crippen LogP contribution >= 0.6 is 11.6 Å². The van der Waals surface area contributed by atoms with Crippen LogP contribution in [0.1, 0.15) is 25.3 Å². The molecule has 1 aliphatic heterocycles. The van der Waals surface area contributed by atoms with Crippen LogP contribution in [0.5, 0.6) is 0 Å². The van der Waals surface area contributed by atoms with Gasteiger partial charge >= 0.3 is 0 Å². The molecular formula is C21H21ClN2O2. The number of halogens is 1. The summed E-state index contributed by atoms with van der Waals surface area (Å²) in [6.07, 6.45) is 3.22. The summed E-state index contributed by atoms with van der Waals surface area (Å²) in [6.45, 7) is 2.15. The standard InChI is InChI=1S/C21H21ClN2O2/c1-3-4-8-15-11-13-17(14-12-15)24-20(25)18(22)19(21(24)26)23(2)16-9-6-5-7-10-16/h5-7,9-14H,3-4,8H2,1-2H3. The lowest BCUT2D eigenvalue weighted by atomic mass is 10.1. The topological polar surface area (TPSA) is 40.6 Å². The number of nitrogens with zero attached hydrogens (tertiary/aromatic N) is 2. The Balaban J connectivity index is 1.86. The zero-order valence-electron chi connectivity index (χ0n) is 14.9. The molecule has 4 nitrogen and oxygen atoms in total. The fourth-order valence-corrected chi connectivity index (χ4v) is 3.28. The number of aryl methyl sites for hydroxylation is 1. The van der Waals surface area contributed by atoms with Gasteiger partial charge in [0.25, 0.3) is 11.8 Å². The summed E-state index contributed by atoms with van der Waals surface area (Å²) in [5.41, 5.74) is 2.71. The lowest BCUT2D eigenvalue weighted by molar-refractivity contribution is -0.120. The smallest absolute Gasteiger partial charge is 0.283 e. The molecule has 0 saturated heterocycles. The minimum atomic E-state index is -0.490. The number of benzene rings is 2. The van der Waals surface area contributed by atoms with Crippen molar-refractivity contribution in [3.63, 3.8) is 0 Å². The molecule has 134 valence electrons. The van der Waals surface area contributed by atoms with Crippen molar-refractivity contribution in [1.29, 1.82) is 0 Å². The maximum absolute atomic E-state index is 12.9. The molecule has 5 heteroatoms. The Morgan fingerprint density at radius 3 is 2.23 bits per heavy atom. The highest BCUT2D eigenvalue weighted by Gasteiger charge is 2.40. The number of para-hydroxylation sites is 1. The van der Waals surface area contributed by atoms with Gasteiger partial charge in [0.15, 0.2) is 0 Å². The zero-order chi connectivity index (χ0) is 18.7. The summed E-state index contributed by atoms with van der Waals surface area (Å²) in [7, 11) is 1.73. The van der Waals surface area contributed by atoms with Gasteiger partial charge in [-0.15, -0.1) is 0 Å². The van der Waals surface area contributed by atoms with E-state index in [2.05, 4.69) is 6.92 Å². The van der Waals surface area contributed by atoms with Gasteiger partial charge in [0, 0.05) is 12.7 Å². The summed E-state index contributed by atoms with van der Waals surface area (Å²) in [5.74, 6) is -0.900. The highest BCUT2D eigenvalue weighted by atomic mass is 35.5. The summed E-state index contributed by atoms with van der Waals surface area (Å²) in [4.78, 5) is 28.3. The Labute approximate surface area is 158 Å². The van der Waals surface area contributed by atoms with Crippen molar-refractivity contribution in [2.75, 3.05) is 16.8 Å². The first-order valence-electron chi connectivity index (χ1n) is 8.71. The van der Waals surface area contributed by atoms with Crippen molar-refractivity contribution >= 4 is 34.8 Å². The van der Waals surface area contributed by atoms with Crippen molar-refractivity contribution in [1.82, 2.24) is 0 Å². The van der Waals surface area contributed by atoms with Crippen LogP contribution in [0.4, 0.5) is 11.4 Å². The predicted molar refractivity (Wildman–Crippen MR) is 105 cm³/mol. The predicted octanol–water partition coefficient (Wildman–Crippen LogP) is 4.49. The number of rotatable bonds is 6. The van der Waals surface area contributed by atoms with Crippen LogP contribution in [-0.4, -0.2) is 18.9 Å². The average molecular weight is 369 g/mol. The molecule has 0 aliphatic carbocycles. The van der Waals surface area contributed by atoms with Gasteiger partial charge < -0.3 is 4.90 Å². The largest absolute Gasteiger partial charge is 0.339 e. The van der Waals surface area contributed by atoms with E-state index in [9.17, 15) is 9.59 Å². The number of hydrogen-bond acceptors (Lipinski definition) is 3. The molecule has 1 aliphatic rings. The third-order valence-electron chi connectivity index (χ3n) is 4.50. The van der Waals surface area contributed by atoms with Crippen LogP contribution < -0.4 is 9.80 Å². The molecule has 0 spiro atoms. The molecule has 2 aromatic rings. The van der Waals surface area contributed by atoms with E-state index in [0.717, 1.165) is 29.8 Å². The minimum absolute atomic E-state index is 0.0589. The van der Waals surface area contributed by atoms with Crippen molar-refractivity contribution < 1.29 is 9.59 Å². The van der Waals surface area contributed by atoms with Gasteiger partial charge in [0.2, 0.25) is 0 Å². The van der Waals surface area contributed by atoms with Gasteiger partial charge in [-0.2, -0.15) is 0 Å². The molecule has 0 aromatic heterocycles. The molecule has 0 saturated carbocycles. The van der Waals surface area contributed by atoms with Gasteiger partial charge in [-0.05, 0) is 42.7 Å². The van der Waals surface area contributed by atoms with Crippen LogP contribution in [0.15, 0.2) is 65.3 Å². The highest BCUT2D eigenvalue weighted by molar-refractivity contribution is 6.53. The lowest BCUT2D eigenvalue weighted by Gasteiger charge is -2.21. The second kappa shape index (κ2) is 7.75. The molecule has 0 radical (unpaired) electrons. The summed E-state index contributed by atoms with van der Waals surface area (Å²) < 4.78 is 0. The quantitative estimate of drug-likeness (QED) is 0.705. The molecule has 1 heterocycles. The Morgan fingerprint density at radius 2 is 1.62 bits per heavy atom. The van der Waals surface area contributed by atoms with Crippen LogP contribution in [0.3, 0.4) is 0 Å². The third-order valence-corrected chi connectivity index (χ3v) is 4.84. The first-order chi connectivity index (χ1) is 12.5. The van der Waals surface area contributed by atoms with E-state index in [4.69, 9.17) is 11.6 Å². The van der Waals surface area contributed by atoms with Crippen molar-refractivity contribution in [2.24, 2.45) is 0 Å². The SMILES string of the molecule is CCCCc1ccc(N2C(=O)C(Cl)=C(N(C)c3ccccc3)C2=O)cc1.